The second-order valence-electron chi connectivity index (χ2n) is 7.40. The molecule has 0 aromatic rings. The van der Waals surface area contributed by atoms with Crippen molar-refractivity contribution in [3.8, 4) is 0 Å². The smallest absolute Gasteiger partial charge is 0.134 e. The summed E-state index contributed by atoms with van der Waals surface area (Å²) in [7, 11) is 0. The number of hydrogen-bond donors (Lipinski definition) is 1. The highest BCUT2D eigenvalue weighted by molar-refractivity contribution is 4.83. The van der Waals surface area contributed by atoms with Crippen molar-refractivity contribution in [1.29, 1.82) is 0 Å². The largest absolute Gasteiger partial charge is 0.219 e. The topological polar surface area (TPSA) is 40.0 Å². The molecule has 1 heterocycles. The number of hydrazine groups is 1. The van der Waals surface area contributed by atoms with E-state index >= 15 is 0 Å². The first-order chi connectivity index (χ1) is 11.2. The van der Waals surface area contributed by atoms with E-state index < -0.39 is 0 Å². The maximum Gasteiger partial charge on any atom is 0.134 e. The highest BCUT2D eigenvalue weighted by Gasteiger charge is 2.31. The second kappa shape index (κ2) is 12.7. The van der Waals surface area contributed by atoms with Gasteiger partial charge in [-0.05, 0) is 19.8 Å². The average Bonchev–Trinajstić information content (AvgIpc) is 3.11. The van der Waals surface area contributed by atoms with Gasteiger partial charge in [0.1, 0.15) is 6.67 Å². The Kier molecular flexibility index (Phi) is 11.3. The van der Waals surface area contributed by atoms with E-state index in [1.54, 1.807) is 0 Å². The lowest BCUT2D eigenvalue weighted by atomic mass is 9.90. The Bertz CT molecular complexity index is 298. The van der Waals surface area contributed by atoms with Crippen LogP contribution < -0.4 is 5.53 Å². The summed E-state index contributed by atoms with van der Waals surface area (Å²) in [5, 5.41) is 10.1. The molecule has 0 saturated heterocycles. The molecule has 1 aliphatic rings. The van der Waals surface area contributed by atoms with Gasteiger partial charge >= 0.3 is 0 Å². The van der Waals surface area contributed by atoms with Gasteiger partial charge in [-0.15, -0.1) is 0 Å². The van der Waals surface area contributed by atoms with E-state index in [-0.39, 0.29) is 5.54 Å². The van der Waals surface area contributed by atoms with Gasteiger partial charge < -0.3 is 0 Å². The summed E-state index contributed by atoms with van der Waals surface area (Å²) in [6, 6.07) is 0. The van der Waals surface area contributed by atoms with Crippen LogP contribution in [0.15, 0.2) is 10.3 Å². The Morgan fingerprint density at radius 3 is 1.78 bits per heavy atom. The lowest BCUT2D eigenvalue weighted by Crippen LogP contribution is -2.49. The van der Waals surface area contributed by atoms with Crippen LogP contribution in [-0.4, -0.2) is 17.2 Å². The molecule has 1 aliphatic heterocycles. The Morgan fingerprint density at radius 1 is 0.826 bits per heavy atom. The van der Waals surface area contributed by atoms with Gasteiger partial charge in [-0.25, -0.2) is 5.53 Å². The molecule has 136 valence electrons. The van der Waals surface area contributed by atoms with Crippen molar-refractivity contribution in [1.82, 2.24) is 10.5 Å². The van der Waals surface area contributed by atoms with Crippen LogP contribution in [-0.2, 0) is 0 Å². The van der Waals surface area contributed by atoms with Crippen LogP contribution in [0, 0.1) is 0 Å². The number of unbranched alkanes of at least 4 members (excludes halogenated alkanes) is 11. The molecule has 0 amide bonds. The van der Waals surface area contributed by atoms with Crippen LogP contribution >= 0.6 is 0 Å². The minimum atomic E-state index is 0.196. The molecule has 1 rings (SSSR count). The molecule has 0 spiro atoms. The molecule has 0 saturated carbocycles. The summed E-state index contributed by atoms with van der Waals surface area (Å²) in [6.07, 6.45) is 19.3. The first-order valence-corrected chi connectivity index (χ1v) is 10.1. The van der Waals surface area contributed by atoms with Crippen molar-refractivity contribution in [2.45, 2.75) is 116 Å². The van der Waals surface area contributed by atoms with Crippen LogP contribution in [0.1, 0.15) is 111 Å². The van der Waals surface area contributed by atoms with Crippen LogP contribution in [0.2, 0.25) is 0 Å². The van der Waals surface area contributed by atoms with Gasteiger partial charge in [-0.2, -0.15) is 10.1 Å². The Morgan fingerprint density at radius 2 is 1.35 bits per heavy atom. The van der Waals surface area contributed by atoms with Crippen molar-refractivity contribution in [3.05, 3.63) is 0 Å². The monoisotopic (exact) mass is 324 g/mol. The SMILES string of the molecule is CCCCCCCCCCCCCCC(C)(CC)N1CN=NN1. The fraction of sp³-hybridized carbons (Fsp3) is 1.00. The molecule has 1 unspecified atom stereocenters. The van der Waals surface area contributed by atoms with Crippen molar-refractivity contribution in [2.75, 3.05) is 6.67 Å². The summed E-state index contributed by atoms with van der Waals surface area (Å²) < 4.78 is 0. The van der Waals surface area contributed by atoms with Crippen molar-refractivity contribution in [2.24, 2.45) is 10.3 Å². The highest BCUT2D eigenvalue weighted by atomic mass is 15.8. The Hall–Kier alpha value is -0.640. The molecule has 4 nitrogen and oxygen atoms in total. The van der Waals surface area contributed by atoms with Crippen LogP contribution in [0.25, 0.3) is 0 Å². The van der Waals surface area contributed by atoms with Crippen molar-refractivity contribution < 1.29 is 0 Å². The first-order valence-electron chi connectivity index (χ1n) is 10.1. The molecule has 1 atom stereocenters. The molecule has 0 radical (unpaired) electrons. The highest BCUT2D eigenvalue weighted by Crippen LogP contribution is 2.26. The van der Waals surface area contributed by atoms with E-state index in [1.807, 2.05) is 0 Å². The summed E-state index contributed by atoms with van der Waals surface area (Å²) in [6.45, 7) is 7.58. The van der Waals surface area contributed by atoms with Crippen molar-refractivity contribution in [3.63, 3.8) is 0 Å². The molecular formula is C19H40N4. The van der Waals surface area contributed by atoms with Crippen LogP contribution in [0.3, 0.4) is 0 Å². The molecule has 0 bridgehead atoms. The first kappa shape index (κ1) is 20.4. The zero-order valence-corrected chi connectivity index (χ0v) is 15.9. The third-order valence-corrected chi connectivity index (χ3v) is 5.42. The van der Waals surface area contributed by atoms with Gasteiger partial charge in [0, 0.05) is 5.54 Å². The van der Waals surface area contributed by atoms with Gasteiger partial charge in [0.25, 0.3) is 0 Å². The molecule has 0 aromatic heterocycles. The van der Waals surface area contributed by atoms with Crippen LogP contribution in [0.5, 0.6) is 0 Å². The predicted octanol–water partition coefficient (Wildman–Crippen LogP) is 6.39. The minimum Gasteiger partial charge on any atom is -0.219 e. The summed E-state index contributed by atoms with van der Waals surface area (Å²) in [5.74, 6) is 0. The third-order valence-electron chi connectivity index (χ3n) is 5.42. The van der Waals surface area contributed by atoms with E-state index in [2.05, 4.69) is 41.7 Å². The number of rotatable bonds is 15. The standard InChI is InChI=1S/C19H40N4/c1-4-6-7-8-9-10-11-12-13-14-15-16-17-19(3,5-2)23-18-20-21-22-23/h4-18H2,1-3H3,(H,20,22). The normalized spacial score (nSPS) is 17.3. The van der Waals surface area contributed by atoms with Gasteiger partial charge in [0.05, 0.1) is 0 Å². The van der Waals surface area contributed by atoms with Crippen molar-refractivity contribution >= 4 is 0 Å². The van der Waals surface area contributed by atoms with E-state index in [0.717, 1.165) is 6.42 Å². The third kappa shape index (κ3) is 8.69. The second-order valence-corrected chi connectivity index (χ2v) is 7.40. The average molecular weight is 325 g/mol. The minimum absolute atomic E-state index is 0.196. The fourth-order valence-corrected chi connectivity index (χ4v) is 3.35. The molecule has 1 N–H and O–H groups in total. The van der Waals surface area contributed by atoms with Gasteiger partial charge in [-0.1, -0.05) is 96.1 Å². The van der Waals surface area contributed by atoms with E-state index in [1.165, 1.54) is 83.5 Å². The molecule has 0 fully saturated rings. The predicted molar refractivity (Wildman–Crippen MR) is 99.1 cm³/mol. The van der Waals surface area contributed by atoms with Gasteiger partial charge in [0.15, 0.2) is 0 Å². The lowest BCUT2D eigenvalue weighted by Gasteiger charge is -2.36. The van der Waals surface area contributed by atoms with Gasteiger partial charge in [0.2, 0.25) is 0 Å². The molecule has 23 heavy (non-hydrogen) atoms. The Labute approximate surface area is 144 Å². The number of nitrogens with one attached hydrogen (secondary N) is 1. The van der Waals surface area contributed by atoms with E-state index in [4.69, 9.17) is 0 Å². The maximum absolute atomic E-state index is 4.03. The zero-order chi connectivity index (χ0) is 16.8. The lowest BCUT2D eigenvalue weighted by molar-refractivity contribution is 0.0592. The number of hydrogen-bond acceptors (Lipinski definition) is 4. The Balaban J connectivity index is 1.90. The maximum atomic E-state index is 4.03. The molecule has 4 heteroatoms. The molecule has 0 aromatic carbocycles. The quantitative estimate of drug-likeness (QED) is 0.354. The molecular weight excluding hydrogens is 284 g/mol. The summed E-state index contributed by atoms with van der Waals surface area (Å²) in [4.78, 5) is 0. The van der Waals surface area contributed by atoms with Crippen LogP contribution in [0.4, 0.5) is 0 Å². The zero-order valence-electron chi connectivity index (χ0n) is 15.9. The summed E-state index contributed by atoms with van der Waals surface area (Å²) >= 11 is 0. The van der Waals surface area contributed by atoms with Gasteiger partial charge in [-0.3, -0.25) is 0 Å². The summed E-state index contributed by atoms with van der Waals surface area (Å²) in [5.41, 5.74) is 3.23. The number of nitrogens with zero attached hydrogens (tertiary/aromatic N) is 3. The van der Waals surface area contributed by atoms with E-state index in [9.17, 15) is 0 Å². The fourth-order valence-electron chi connectivity index (χ4n) is 3.35. The molecule has 0 aliphatic carbocycles. The van der Waals surface area contributed by atoms with E-state index in [0.29, 0.717) is 6.67 Å².